The second kappa shape index (κ2) is 7.83. The van der Waals surface area contributed by atoms with Crippen LogP contribution >= 0.6 is 0 Å². The van der Waals surface area contributed by atoms with Gasteiger partial charge in [0.2, 0.25) is 5.95 Å². The quantitative estimate of drug-likeness (QED) is 0.436. The lowest BCUT2D eigenvalue weighted by molar-refractivity contribution is 0.568. The lowest BCUT2D eigenvalue weighted by Crippen LogP contribution is -2.10. The second-order valence-corrected chi connectivity index (χ2v) is 7.22. The van der Waals surface area contributed by atoms with Crippen LogP contribution in [0.5, 0.6) is 0 Å². The van der Waals surface area contributed by atoms with Crippen LogP contribution in [0.3, 0.4) is 0 Å². The van der Waals surface area contributed by atoms with Crippen molar-refractivity contribution in [2.75, 3.05) is 11.9 Å². The number of imidazole rings is 1. The molecule has 3 heterocycles. The number of aryl methyl sites for hydroxylation is 1. The van der Waals surface area contributed by atoms with Gasteiger partial charge in [0.05, 0.1) is 29.3 Å². The van der Waals surface area contributed by atoms with Gasteiger partial charge in [0.15, 0.2) is 0 Å². The third-order valence-corrected chi connectivity index (χ3v) is 5.02. The minimum absolute atomic E-state index is 0.577. The van der Waals surface area contributed by atoms with E-state index in [1.807, 2.05) is 22.8 Å². The fourth-order valence-electron chi connectivity index (χ4n) is 3.46. The first kappa shape index (κ1) is 18.1. The van der Waals surface area contributed by atoms with Crippen LogP contribution in [-0.4, -0.2) is 26.1 Å². The van der Waals surface area contributed by atoms with Crippen molar-refractivity contribution in [2.24, 2.45) is 0 Å². The van der Waals surface area contributed by atoms with Gasteiger partial charge < -0.3 is 9.73 Å². The monoisotopic (exact) mass is 395 g/mol. The number of anilines is 1. The van der Waals surface area contributed by atoms with Gasteiger partial charge in [-0.15, -0.1) is 0 Å². The summed E-state index contributed by atoms with van der Waals surface area (Å²) in [5.74, 6) is 1.34. The van der Waals surface area contributed by atoms with E-state index in [0.717, 1.165) is 41.1 Å². The molecule has 2 aromatic carbocycles. The molecule has 0 aliphatic rings. The summed E-state index contributed by atoms with van der Waals surface area (Å²) in [6.45, 7) is 2.80. The van der Waals surface area contributed by atoms with Crippen LogP contribution in [-0.2, 0) is 6.42 Å². The molecule has 0 radical (unpaired) electrons. The molecule has 0 saturated carbocycles. The molecule has 0 amide bonds. The normalized spacial score (nSPS) is 11.1. The first-order chi connectivity index (χ1) is 14.8. The molecule has 5 rings (SSSR count). The van der Waals surface area contributed by atoms with Gasteiger partial charge in [0.1, 0.15) is 12.1 Å². The Morgan fingerprint density at radius 1 is 1.00 bits per heavy atom. The fraction of sp³-hybridized carbons (Fsp3) is 0.125. The maximum atomic E-state index is 5.26. The highest BCUT2D eigenvalue weighted by Gasteiger charge is 2.12. The predicted octanol–water partition coefficient (Wildman–Crippen LogP) is 5.04. The van der Waals surface area contributed by atoms with E-state index in [0.29, 0.717) is 5.95 Å². The van der Waals surface area contributed by atoms with Crippen molar-refractivity contribution in [1.82, 2.24) is 19.5 Å². The van der Waals surface area contributed by atoms with Crippen molar-refractivity contribution in [3.8, 4) is 17.1 Å². The van der Waals surface area contributed by atoms with E-state index in [4.69, 9.17) is 14.4 Å². The zero-order chi connectivity index (χ0) is 20.3. The molecule has 3 aromatic heterocycles. The molecule has 0 spiro atoms. The van der Waals surface area contributed by atoms with Crippen molar-refractivity contribution in [1.29, 1.82) is 0 Å². The van der Waals surface area contributed by atoms with Gasteiger partial charge in [-0.2, -0.15) is 4.98 Å². The van der Waals surface area contributed by atoms with E-state index in [-0.39, 0.29) is 0 Å². The smallest absolute Gasteiger partial charge is 0.225 e. The average molecular weight is 395 g/mol. The molecule has 0 unspecified atom stereocenters. The van der Waals surface area contributed by atoms with Gasteiger partial charge in [0, 0.05) is 18.2 Å². The van der Waals surface area contributed by atoms with Crippen molar-refractivity contribution in [2.45, 2.75) is 13.3 Å². The summed E-state index contributed by atoms with van der Waals surface area (Å²) in [6.07, 6.45) is 6.03. The first-order valence-electron chi connectivity index (χ1n) is 9.90. The number of furan rings is 1. The predicted molar refractivity (Wildman–Crippen MR) is 118 cm³/mol. The topological polar surface area (TPSA) is 68.8 Å². The Kier molecular flexibility index (Phi) is 4.73. The number of hydrogen-bond acceptors (Lipinski definition) is 5. The number of aromatic nitrogens is 4. The molecule has 148 valence electrons. The SMILES string of the molecule is Cc1ccc2c(c1)ncn2-c1cc(-c2ccoc2)nc(NCCc2ccccc2)n1. The standard InChI is InChI=1S/C24H21N5O/c1-17-7-8-22-21(13-17)26-16-29(22)23-14-20(19-10-12-30-15-19)27-24(28-23)25-11-9-18-5-3-2-4-6-18/h2-8,10,12-16H,9,11H2,1H3,(H,25,27,28). The third-order valence-electron chi connectivity index (χ3n) is 5.02. The molecule has 5 aromatic rings. The summed E-state index contributed by atoms with van der Waals surface area (Å²) in [7, 11) is 0. The minimum atomic E-state index is 0.577. The lowest BCUT2D eigenvalue weighted by atomic mass is 10.1. The lowest BCUT2D eigenvalue weighted by Gasteiger charge is -2.10. The van der Waals surface area contributed by atoms with Gasteiger partial charge in [-0.05, 0) is 42.7 Å². The van der Waals surface area contributed by atoms with Crippen molar-refractivity contribution in [3.63, 3.8) is 0 Å². The highest BCUT2D eigenvalue weighted by atomic mass is 16.3. The largest absolute Gasteiger partial charge is 0.472 e. The highest BCUT2D eigenvalue weighted by Crippen LogP contribution is 2.24. The van der Waals surface area contributed by atoms with Crippen LogP contribution in [0.1, 0.15) is 11.1 Å². The van der Waals surface area contributed by atoms with Crippen LogP contribution in [0.25, 0.3) is 28.1 Å². The molecule has 0 aliphatic carbocycles. The van der Waals surface area contributed by atoms with E-state index in [1.165, 1.54) is 11.1 Å². The summed E-state index contributed by atoms with van der Waals surface area (Å²) in [4.78, 5) is 14.0. The molecule has 30 heavy (non-hydrogen) atoms. The number of hydrogen-bond donors (Lipinski definition) is 1. The molecule has 0 aliphatic heterocycles. The van der Waals surface area contributed by atoms with E-state index in [2.05, 4.69) is 59.7 Å². The van der Waals surface area contributed by atoms with Crippen LogP contribution in [0.15, 0.2) is 83.9 Å². The molecule has 0 fully saturated rings. The number of nitrogens with zero attached hydrogens (tertiary/aromatic N) is 4. The van der Waals surface area contributed by atoms with E-state index in [9.17, 15) is 0 Å². The van der Waals surface area contributed by atoms with Gasteiger partial charge in [-0.1, -0.05) is 36.4 Å². The Balaban J connectivity index is 1.50. The summed E-state index contributed by atoms with van der Waals surface area (Å²) in [5.41, 5.74) is 6.10. The maximum Gasteiger partial charge on any atom is 0.225 e. The Labute approximate surface area is 174 Å². The van der Waals surface area contributed by atoms with Crippen LogP contribution in [0.2, 0.25) is 0 Å². The average Bonchev–Trinajstić information content (AvgIpc) is 3.44. The summed E-state index contributed by atoms with van der Waals surface area (Å²) in [5, 5.41) is 3.37. The number of rotatable bonds is 6. The van der Waals surface area contributed by atoms with Crippen molar-refractivity contribution in [3.05, 3.63) is 90.6 Å². The van der Waals surface area contributed by atoms with Gasteiger partial charge in [0.25, 0.3) is 0 Å². The van der Waals surface area contributed by atoms with Crippen LogP contribution in [0.4, 0.5) is 5.95 Å². The zero-order valence-electron chi connectivity index (χ0n) is 16.6. The van der Waals surface area contributed by atoms with Crippen molar-refractivity contribution >= 4 is 17.0 Å². The third kappa shape index (κ3) is 3.67. The molecular formula is C24H21N5O. The minimum Gasteiger partial charge on any atom is -0.472 e. The number of benzene rings is 2. The van der Waals surface area contributed by atoms with Crippen LogP contribution in [0, 0.1) is 6.92 Å². The molecule has 0 atom stereocenters. The van der Waals surface area contributed by atoms with Crippen LogP contribution < -0.4 is 5.32 Å². The summed E-state index contributed by atoms with van der Waals surface area (Å²) < 4.78 is 7.25. The Morgan fingerprint density at radius 2 is 1.90 bits per heavy atom. The first-order valence-corrected chi connectivity index (χ1v) is 9.90. The molecule has 6 heteroatoms. The number of fused-ring (bicyclic) bond motifs is 1. The van der Waals surface area contributed by atoms with Gasteiger partial charge in [-0.3, -0.25) is 4.57 Å². The summed E-state index contributed by atoms with van der Waals surface area (Å²) >= 11 is 0. The molecule has 1 N–H and O–H groups in total. The number of nitrogens with one attached hydrogen (secondary N) is 1. The van der Waals surface area contributed by atoms with E-state index < -0.39 is 0 Å². The van der Waals surface area contributed by atoms with Gasteiger partial charge in [-0.25, -0.2) is 9.97 Å². The Morgan fingerprint density at radius 3 is 2.73 bits per heavy atom. The zero-order valence-corrected chi connectivity index (χ0v) is 16.6. The van der Waals surface area contributed by atoms with Gasteiger partial charge >= 0.3 is 0 Å². The Hall–Kier alpha value is -3.93. The Bertz CT molecular complexity index is 1280. The van der Waals surface area contributed by atoms with Crippen molar-refractivity contribution < 1.29 is 4.42 Å². The highest BCUT2D eigenvalue weighted by molar-refractivity contribution is 5.78. The summed E-state index contributed by atoms with van der Waals surface area (Å²) in [6, 6.07) is 20.4. The maximum absolute atomic E-state index is 5.26. The fourth-order valence-corrected chi connectivity index (χ4v) is 3.46. The molecule has 0 bridgehead atoms. The molecule has 6 nitrogen and oxygen atoms in total. The van der Waals surface area contributed by atoms with E-state index >= 15 is 0 Å². The second-order valence-electron chi connectivity index (χ2n) is 7.22. The molecule has 0 saturated heterocycles. The van der Waals surface area contributed by atoms with E-state index in [1.54, 1.807) is 18.9 Å². The molecular weight excluding hydrogens is 374 g/mol.